The predicted octanol–water partition coefficient (Wildman–Crippen LogP) is 2.45. The first-order valence-electron chi connectivity index (χ1n) is 6.16. The van der Waals surface area contributed by atoms with Crippen LogP contribution >= 0.6 is 0 Å². The molecule has 0 saturated heterocycles. The van der Waals surface area contributed by atoms with Crippen molar-refractivity contribution in [1.82, 2.24) is 4.90 Å². The van der Waals surface area contributed by atoms with Gasteiger partial charge in [-0.1, -0.05) is 25.1 Å². The minimum absolute atomic E-state index is 0.0266. The minimum Gasteiger partial charge on any atom is -0.481 e. The zero-order valence-corrected chi connectivity index (χ0v) is 11.1. The molecule has 0 fully saturated rings. The van der Waals surface area contributed by atoms with Gasteiger partial charge in [0.2, 0.25) is 0 Å². The van der Waals surface area contributed by atoms with Gasteiger partial charge in [-0.3, -0.25) is 19.8 Å². The van der Waals surface area contributed by atoms with Crippen LogP contribution in [0, 0.1) is 10.1 Å². The Bertz CT molecular complexity index is 462. The third kappa shape index (κ3) is 4.03. The first-order valence-corrected chi connectivity index (χ1v) is 6.16. The Labute approximate surface area is 111 Å². The van der Waals surface area contributed by atoms with E-state index in [0.29, 0.717) is 18.7 Å². The lowest BCUT2D eigenvalue weighted by molar-refractivity contribution is -0.386. The number of carboxylic acids is 1. The number of hydrogen-bond acceptors (Lipinski definition) is 4. The number of carbonyl (C=O) groups is 1. The molecule has 1 atom stereocenters. The lowest BCUT2D eigenvalue weighted by Crippen LogP contribution is -2.29. The van der Waals surface area contributed by atoms with Gasteiger partial charge in [0, 0.05) is 24.2 Å². The lowest BCUT2D eigenvalue weighted by atomic mass is 10.0. The van der Waals surface area contributed by atoms with Gasteiger partial charge in [-0.15, -0.1) is 0 Å². The van der Waals surface area contributed by atoms with E-state index in [1.165, 1.54) is 6.07 Å². The number of rotatable bonds is 7. The summed E-state index contributed by atoms with van der Waals surface area (Å²) in [7, 11) is 0. The topological polar surface area (TPSA) is 83.7 Å². The van der Waals surface area contributed by atoms with Gasteiger partial charge < -0.3 is 5.11 Å². The van der Waals surface area contributed by atoms with Gasteiger partial charge in [-0.05, 0) is 13.5 Å². The van der Waals surface area contributed by atoms with Crippen molar-refractivity contribution in [2.75, 3.05) is 13.1 Å². The normalized spacial score (nSPS) is 12.4. The maximum atomic E-state index is 11.0. The van der Waals surface area contributed by atoms with Gasteiger partial charge in [-0.25, -0.2) is 0 Å². The molecule has 0 radical (unpaired) electrons. The summed E-state index contributed by atoms with van der Waals surface area (Å²) in [4.78, 5) is 23.1. The van der Waals surface area contributed by atoms with Crippen LogP contribution in [0.15, 0.2) is 24.3 Å². The van der Waals surface area contributed by atoms with Crippen molar-refractivity contribution in [3.63, 3.8) is 0 Å². The third-order valence-electron chi connectivity index (χ3n) is 3.15. The molecule has 0 aliphatic heterocycles. The third-order valence-corrected chi connectivity index (χ3v) is 3.15. The van der Waals surface area contributed by atoms with Crippen molar-refractivity contribution >= 4 is 11.7 Å². The zero-order chi connectivity index (χ0) is 14.4. The van der Waals surface area contributed by atoms with Gasteiger partial charge in [0.1, 0.15) is 0 Å². The number of nitro groups is 1. The van der Waals surface area contributed by atoms with Crippen LogP contribution in [0.1, 0.15) is 31.9 Å². The van der Waals surface area contributed by atoms with E-state index in [-0.39, 0.29) is 18.2 Å². The van der Waals surface area contributed by atoms with Gasteiger partial charge in [0.05, 0.1) is 11.3 Å². The highest BCUT2D eigenvalue weighted by molar-refractivity contribution is 5.66. The second-order valence-corrected chi connectivity index (χ2v) is 4.26. The molecule has 1 N–H and O–H groups in total. The van der Waals surface area contributed by atoms with E-state index in [2.05, 4.69) is 0 Å². The molecule has 0 aliphatic rings. The number of aliphatic carboxylic acids is 1. The molecule has 0 aromatic heterocycles. The fraction of sp³-hybridized carbons (Fsp3) is 0.462. The number of hydrogen-bond donors (Lipinski definition) is 1. The molecule has 19 heavy (non-hydrogen) atoms. The highest BCUT2D eigenvalue weighted by atomic mass is 16.6. The molecule has 1 unspecified atom stereocenters. The summed E-state index contributed by atoms with van der Waals surface area (Å²) >= 11 is 0. The van der Waals surface area contributed by atoms with Gasteiger partial charge >= 0.3 is 5.97 Å². The summed E-state index contributed by atoms with van der Waals surface area (Å²) in [6.07, 6.45) is 0.0266. The van der Waals surface area contributed by atoms with Crippen LogP contribution in [0.25, 0.3) is 0 Å². The summed E-state index contributed by atoms with van der Waals surface area (Å²) in [5, 5.41) is 19.7. The van der Waals surface area contributed by atoms with Gasteiger partial charge in [0.15, 0.2) is 0 Å². The molecule has 1 rings (SSSR count). The first-order chi connectivity index (χ1) is 8.97. The number of nitro benzene ring substituents is 1. The monoisotopic (exact) mass is 266 g/mol. The summed E-state index contributed by atoms with van der Waals surface area (Å²) in [6, 6.07) is 6.38. The molecule has 0 saturated carbocycles. The highest BCUT2D eigenvalue weighted by Crippen LogP contribution is 2.28. The smallest absolute Gasteiger partial charge is 0.304 e. The van der Waals surface area contributed by atoms with E-state index in [4.69, 9.17) is 5.11 Å². The average molecular weight is 266 g/mol. The molecule has 0 bridgehead atoms. The molecule has 104 valence electrons. The second-order valence-electron chi connectivity index (χ2n) is 4.26. The molecule has 0 amide bonds. The molecular weight excluding hydrogens is 248 g/mol. The van der Waals surface area contributed by atoms with E-state index in [9.17, 15) is 14.9 Å². The fourth-order valence-electron chi connectivity index (χ4n) is 2.07. The number of nitrogens with zero attached hydrogens (tertiary/aromatic N) is 2. The first kappa shape index (κ1) is 15.1. The summed E-state index contributed by atoms with van der Waals surface area (Å²) in [6.45, 7) is 4.78. The molecule has 0 spiro atoms. The van der Waals surface area contributed by atoms with Crippen molar-refractivity contribution in [3.8, 4) is 0 Å². The van der Waals surface area contributed by atoms with Crippen LogP contribution in [0.4, 0.5) is 5.69 Å². The SMILES string of the molecule is CCN(CCC(=O)O)C(C)c1ccccc1[N+](=O)[O-]. The van der Waals surface area contributed by atoms with E-state index in [1.54, 1.807) is 18.2 Å². The molecule has 1 aromatic carbocycles. The Morgan fingerprint density at radius 1 is 1.47 bits per heavy atom. The van der Waals surface area contributed by atoms with Crippen LogP contribution in [0.2, 0.25) is 0 Å². The Kier molecular flexibility index (Phi) is 5.44. The second kappa shape index (κ2) is 6.84. The average Bonchev–Trinajstić information content (AvgIpc) is 2.38. The van der Waals surface area contributed by atoms with E-state index in [0.717, 1.165) is 0 Å². The molecule has 0 aliphatic carbocycles. The quantitative estimate of drug-likeness (QED) is 0.605. The summed E-state index contributed by atoms with van der Waals surface area (Å²) in [5.41, 5.74) is 0.684. The van der Waals surface area contributed by atoms with Crippen LogP contribution in [0.3, 0.4) is 0 Å². The van der Waals surface area contributed by atoms with Crippen molar-refractivity contribution in [1.29, 1.82) is 0 Å². The van der Waals surface area contributed by atoms with Crippen molar-refractivity contribution in [2.45, 2.75) is 26.3 Å². The van der Waals surface area contributed by atoms with Gasteiger partial charge in [-0.2, -0.15) is 0 Å². The zero-order valence-electron chi connectivity index (χ0n) is 11.1. The van der Waals surface area contributed by atoms with Crippen molar-refractivity contribution in [2.24, 2.45) is 0 Å². The molecule has 0 heterocycles. The van der Waals surface area contributed by atoms with E-state index >= 15 is 0 Å². The summed E-state index contributed by atoms with van der Waals surface area (Å²) < 4.78 is 0. The fourth-order valence-corrected chi connectivity index (χ4v) is 2.07. The summed E-state index contributed by atoms with van der Waals surface area (Å²) in [5.74, 6) is -0.867. The Hall–Kier alpha value is -1.95. The predicted molar refractivity (Wildman–Crippen MR) is 71.0 cm³/mol. The Balaban J connectivity index is 2.93. The molecule has 6 nitrogen and oxygen atoms in total. The van der Waals surface area contributed by atoms with Crippen LogP contribution < -0.4 is 0 Å². The highest BCUT2D eigenvalue weighted by Gasteiger charge is 2.22. The maximum Gasteiger partial charge on any atom is 0.304 e. The lowest BCUT2D eigenvalue weighted by Gasteiger charge is -2.27. The van der Waals surface area contributed by atoms with Crippen LogP contribution in [0.5, 0.6) is 0 Å². The van der Waals surface area contributed by atoms with Crippen LogP contribution in [-0.2, 0) is 4.79 Å². The number of carboxylic acid groups (broad SMARTS) is 1. The van der Waals surface area contributed by atoms with E-state index < -0.39 is 10.9 Å². The largest absolute Gasteiger partial charge is 0.481 e. The van der Waals surface area contributed by atoms with Crippen LogP contribution in [-0.4, -0.2) is 34.0 Å². The Morgan fingerprint density at radius 2 is 2.11 bits per heavy atom. The van der Waals surface area contributed by atoms with Crippen molar-refractivity contribution < 1.29 is 14.8 Å². The van der Waals surface area contributed by atoms with E-state index in [1.807, 2.05) is 18.7 Å². The van der Waals surface area contributed by atoms with Crippen molar-refractivity contribution in [3.05, 3.63) is 39.9 Å². The molecule has 1 aromatic rings. The number of benzene rings is 1. The molecule has 6 heteroatoms. The molecular formula is C13H18N2O4. The number of para-hydroxylation sites is 1. The standard InChI is InChI=1S/C13H18N2O4/c1-3-14(9-8-13(16)17)10(2)11-6-4-5-7-12(11)15(18)19/h4-7,10H,3,8-9H2,1-2H3,(H,16,17). The van der Waals surface area contributed by atoms with Gasteiger partial charge in [0.25, 0.3) is 5.69 Å². The minimum atomic E-state index is -0.867. The maximum absolute atomic E-state index is 11.0. The Morgan fingerprint density at radius 3 is 2.63 bits per heavy atom.